The third kappa shape index (κ3) is 5.67. The van der Waals surface area contributed by atoms with E-state index in [4.69, 9.17) is 0 Å². The van der Waals surface area contributed by atoms with Gasteiger partial charge in [-0.25, -0.2) is 4.68 Å². The average Bonchev–Trinajstić information content (AvgIpc) is 3.35. The lowest BCUT2D eigenvalue weighted by atomic mass is 9.91. The van der Waals surface area contributed by atoms with Gasteiger partial charge in [-0.3, -0.25) is 9.69 Å². The van der Waals surface area contributed by atoms with Crippen LogP contribution >= 0.6 is 0 Å². The zero-order chi connectivity index (χ0) is 25.8. The topological polar surface area (TPSA) is 79.7 Å². The molecule has 0 aliphatic heterocycles. The van der Waals surface area contributed by atoms with Gasteiger partial charge in [0.1, 0.15) is 0 Å². The summed E-state index contributed by atoms with van der Waals surface area (Å²) in [6.45, 7) is 7.63. The lowest BCUT2D eigenvalue weighted by Crippen LogP contribution is -2.41. The lowest BCUT2D eigenvalue weighted by molar-refractivity contribution is 0.0812. The fourth-order valence-corrected chi connectivity index (χ4v) is 5.97. The average molecular weight is 499 g/mol. The molecule has 2 heterocycles. The number of nitrogens with one attached hydrogen (secondary N) is 1. The summed E-state index contributed by atoms with van der Waals surface area (Å²) in [7, 11) is 0. The molecule has 0 saturated heterocycles. The first-order chi connectivity index (χ1) is 18.0. The number of tetrazole rings is 1. The van der Waals surface area contributed by atoms with Gasteiger partial charge in [0.05, 0.1) is 12.6 Å². The van der Waals surface area contributed by atoms with Crippen molar-refractivity contribution in [3.05, 3.63) is 87.0 Å². The van der Waals surface area contributed by atoms with Gasteiger partial charge in [-0.2, -0.15) is 0 Å². The smallest absolute Gasteiger partial charge is 0.252 e. The minimum atomic E-state index is -0.00237. The molecule has 1 aliphatic carbocycles. The second-order valence-electron chi connectivity index (χ2n) is 10.6. The highest BCUT2D eigenvalue weighted by Gasteiger charge is 2.32. The Hall–Kier alpha value is -3.32. The molecular weight excluding hydrogens is 460 g/mol. The van der Waals surface area contributed by atoms with E-state index >= 15 is 0 Å². The molecule has 0 spiro atoms. The van der Waals surface area contributed by atoms with Crippen LogP contribution in [0.3, 0.4) is 0 Å². The highest BCUT2D eigenvalue weighted by Crippen LogP contribution is 2.34. The number of H-pyrrole nitrogens is 1. The molecule has 2 aromatic carbocycles. The molecule has 1 fully saturated rings. The maximum atomic E-state index is 13.3. The van der Waals surface area contributed by atoms with Crippen LogP contribution < -0.4 is 5.56 Å². The van der Waals surface area contributed by atoms with Crippen molar-refractivity contribution >= 4 is 10.9 Å². The summed E-state index contributed by atoms with van der Waals surface area (Å²) in [6.07, 6.45) is 7.97. The van der Waals surface area contributed by atoms with Crippen LogP contribution in [-0.2, 0) is 13.1 Å². The van der Waals surface area contributed by atoms with Crippen LogP contribution in [-0.4, -0.2) is 36.1 Å². The van der Waals surface area contributed by atoms with Crippen LogP contribution in [0.5, 0.6) is 0 Å². The maximum Gasteiger partial charge on any atom is 0.252 e. The minimum absolute atomic E-state index is 0.00237. The van der Waals surface area contributed by atoms with E-state index in [0.29, 0.717) is 19.1 Å². The predicted molar refractivity (Wildman–Crippen MR) is 147 cm³/mol. The van der Waals surface area contributed by atoms with E-state index in [1.54, 1.807) is 0 Å². The number of hydrogen-bond donors (Lipinski definition) is 1. The first-order valence-corrected chi connectivity index (χ1v) is 13.7. The summed E-state index contributed by atoms with van der Waals surface area (Å²) in [5.74, 6) is 0.889. The van der Waals surface area contributed by atoms with Crippen molar-refractivity contribution in [1.29, 1.82) is 0 Å². The summed E-state index contributed by atoms with van der Waals surface area (Å²) < 4.78 is 1.95. The van der Waals surface area contributed by atoms with Gasteiger partial charge in [-0.05, 0) is 72.4 Å². The third-order valence-electron chi connectivity index (χ3n) is 7.78. The minimum Gasteiger partial charge on any atom is -0.322 e. The molecule has 1 N–H and O–H groups in total. The van der Waals surface area contributed by atoms with E-state index in [-0.39, 0.29) is 11.6 Å². The molecule has 1 atom stereocenters. The summed E-state index contributed by atoms with van der Waals surface area (Å²) in [4.78, 5) is 19.0. The van der Waals surface area contributed by atoms with Crippen LogP contribution in [0.2, 0.25) is 0 Å². The molecule has 2 aromatic heterocycles. The van der Waals surface area contributed by atoms with Gasteiger partial charge in [-0.1, -0.05) is 69.0 Å². The quantitative estimate of drug-likeness (QED) is 0.313. The Morgan fingerprint density at radius 3 is 2.62 bits per heavy atom. The Morgan fingerprint density at radius 1 is 1.08 bits per heavy atom. The maximum absolute atomic E-state index is 13.3. The van der Waals surface area contributed by atoms with Gasteiger partial charge in [0.25, 0.3) is 5.56 Å². The first-order valence-electron chi connectivity index (χ1n) is 13.7. The van der Waals surface area contributed by atoms with Gasteiger partial charge in [0.2, 0.25) is 0 Å². The number of nitrogens with zero attached hydrogens (tertiary/aromatic N) is 5. The molecule has 194 valence electrons. The van der Waals surface area contributed by atoms with Crippen molar-refractivity contribution in [2.45, 2.75) is 90.9 Å². The molecule has 1 aliphatic rings. The summed E-state index contributed by atoms with van der Waals surface area (Å²) in [5, 5.41) is 14.2. The lowest BCUT2D eigenvalue weighted by Gasteiger charge is -2.39. The molecule has 1 saturated carbocycles. The van der Waals surface area contributed by atoms with Crippen LogP contribution in [0.15, 0.2) is 53.3 Å². The zero-order valence-electron chi connectivity index (χ0n) is 22.3. The van der Waals surface area contributed by atoms with E-state index in [2.05, 4.69) is 76.5 Å². The summed E-state index contributed by atoms with van der Waals surface area (Å²) in [5.41, 5.74) is 5.24. The third-order valence-corrected chi connectivity index (χ3v) is 7.78. The second-order valence-corrected chi connectivity index (χ2v) is 10.6. The molecule has 0 unspecified atom stereocenters. The van der Waals surface area contributed by atoms with Crippen molar-refractivity contribution in [3.63, 3.8) is 0 Å². The largest absolute Gasteiger partial charge is 0.322 e. The molecule has 0 radical (unpaired) electrons. The first kappa shape index (κ1) is 25.3. The number of aryl methyl sites for hydroxylation is 2. The van der Waals surface area contributed by atoms with Gasteiger partial charge < -0.3 is 4.98 Å². The predicted octanol–water partition coefficient (Wildman–Crippen LogP) is 5.86. The Morgan fingerprint density at radius 2 is 1.86 bits per heavy atom. The summed E-state index contributed by atoms with van der Waals surface area (Å²) >= 11 is 0. The summed E-state index contributed by atoms with van der Waals surface area (Å²) in [6, 6.07) is 17.1. The number of aromatic amines is 1. The SMILES string of the molecule is CCC[C@@H](c1nnnn1Cc1ccccc1)N(Cc1cc2c(C)cc(C)cc2[nH]c1=O)C1CCCCC1. The number of pyridine rings is 1. The number of aromatic nitrogens is 5. The van der Waals surface area contributed by atoms with Crippen molar-refractivity contribution in [1.82, 2.24) is 30.1 Å². The molecule has 5 rings (SSSR count). The zero-order valence-corrected chi connectivity index (χ0v) is 22.3. The second kappa shape index (κ2) is 11.4. The Kier molecular flexibility index (Phi) is 7.79. The Bertz CT molecular complexity index is 1390. The number of hydrogen-bond acceptors (Lipinski definition) is 5. The Balaban J connectivity index is 1.54. The molecule has 7 nitrogen and oxygen atoms in total. The van der Waals surface area contributed by atoms with Crippen molar-refractivity contribution in [3.8, 4) is 0 Å². The number of benzene rings is 2. The number of fused-ring (bicyclic) bond motifs is 1. The van der Waals surface area contributed by atoms with Crippen molar-refractivity contribution in [2.24, 2.45) is 0 Å². The highest BCUT2D eigenvalue weighted by molar-refractivity contribution is 5.83. The fraction of sp³-hybridized carbons (Fsp3) is 0.467. The monoisotopic (exact) mass is 498 g/mol. The van der Waals surface area contributed by atoms with Crippen LogP contribution in [0, 0.1) is 13.8 Å². The van der Waals surface area contributed by atoms with Crippen LogP contribution in [0.1, 0.15) is 86.0 Å². The molecule has 4 aromatic rings. The molecule has 7 heteroatoms. The van der Waals surface area contributed by atoms with Crippen molar-refractivity contribution in [2.75, 3.05) is 0 Å². The normalized spacial score (nSPS) is 15.5. The van der Waals surface area contributed by atoms with Crippen LogP contribution in [0.4, 0.5) is 0 Å². The van der Waals surface area contributed by atoms with E-state index in [0.717, 1.165) is 53.5 Å². The van der Waals surface area contributed by atoms with E-state index < -0.39 is 0 Å². The highest BCUT2D eigenvalue weighted by atomic mass is 16.1. The van der Waals surface area contributed by atoms with E-state index in [1.165, 1.54) is 30.4 Å². The molecule has 37 heavy (non-hydrogen) atoms. The van der Waals surface area contributed by atoms with E-state index in [9.17, 15) is 4.79 Å². The van der Waals surface area contributed by atoms with Gasteiger partial charge >= 0.3 is 0 Å². The molecular formula is C30H38N6O. The van der Waals surface area contributed by atoms with Crippen molar-refractivity contribution < 1.29 is 0 Å². The number of rotatable bonds is 9. The van der Waals surface area contributed by atoms with Gasteiger partial charge in [0.15, 0.2) is 5.82 Å². The fourth-order valence-electron chi connectivity index (χ4n) is 5.97. The van der Waals surface area contributed by atoms with Gasteiger partial charge in [0, 0.05) is 29.1 Å². The standard InChI is InChI=1S/C30H38N6O/c1-4-11-28(29-32-33-34-36(29)19-23-12-7-5-8-13-23)35(25-14-9-6-10-15-25)20-24-18-26-22(3)16-21(2)17-27(26)31-30(24)37/h5,7-8,12-13,16-18,25,28H,4,6,9-11,14-15,19-20H2,1-3H3,(H,31,37)/t28-/m0/s1. The molecule has 0 amide bonds. The van der Waals surface area contributed by atoms with Crippen LogP contribution in [0.25, 0.3) is 10.9 Å². The van der Waals surface area contributed by atoms with Gasteiger partial charge in [-0.15, -0.1) is 5.10 Å². The Labute approximate surface area is 218 Å². The molecule has 0 bridgehead atoms. The van der Waals surface area contributed by atoms with E-state index in [1.807, 2.05) is 22.9 Å².